The van der Waals surface area contributed by atoms with E-state index in [2.05, 4.69) is 22.2 Å². The summed E-state index contributed by atoms with van der Waals surface area (Å²) in [6, 6.07) is 14.6. The number of hydrazine groups is 1. The van der Waals surface area contributed by atoms with Crippen molar-refractivity contribution >= 4 is 32.6 Å². The number of rotatable bonds is 5. The van der Waals surface area contributed by atoms with Crippen LogP contribution >= 0.6 is 0 Å². The van der Waals surface area contributed by atoms with Crippen molar-refractivity contribution in [1.29, 1.82) is 5.41 Å². The Morgan fingerprint density at radius 2 is 1.79 bits per heavy atom. The quantitative estimate of drug-likeness (QED) is 0.342. The van der Waals surface area contributed by atoms with Crippen molar-refractivity contribution in [2.45, 2.75) is 49.1 Å². The molecule has 4 rings (SSSR count). The number of para-hydroxylation sites is 2. The SMILES string of the molecule is N=CS(=O)(=O)c1ccc(CNNC2=Nc3ccccc3NC23CCCCC3)cc1. The van der Waals surface area contributed by atoms with Gasteiger partial charge in [0.25, 0.3) is 0 Å². The molecule has 0 atom stereocenters. The van der Waals surface area contributed by atoms with Crippen molar-refractivity contribution in [2.24, 2.45) is 4.99 Å². The number of nitrogens with one attached hydrogen (secondary N) is 4. The Hall–Kier alpha value is -2.71. The van der Waals surface area contributed by atoms with E-state index in [0.29, 0.717) is 12.1 Å². The van der Waals surface area contributed by atoms with Crippen LogP contribution in [0.1, 0.15) is 37.7 Å². The molecular formula is C21H25N5O2S. The summed E-state index contributed by atoms with van der Waals surface area (Å²) >= 11 is 0. The van der Waals surface area contributed by atoms with Gasteiger partial charge in [0.15, 0.2) is 0 Å². The second-order valence-corrected chi connectivity index (χ2v) is 9.33. The molecule has 0 bridgehead atoms. The van der Waals surface area contributed by atoms with E-state index in [0.717, 1.165) is 35.6 Å². The Balaban J connectivity index is 1.47. The summed E-state index contributed by atoms with van der Waals surface area (Å²) in [6.45, 7) is 0.516. The molecule has 1 aliphatic carbocycles. The van der Waals surface area contributed by atoms with Crippen LogP contribution in [-0.2, 0) is 16.4 Å². The molecular weight excluding hydrogens is 386 g/mol. The van der Waals surface area contributed by atoms with Crippen molar-refractivity contribution < 1.29 is 8.42 Å². The molecule has 0 unspecified atom stereocenters. The maximum absolute atomic E-state index is 11.7. The normalized spacial score (nSPS) is 17.7. The number of hydrogen-bond acceptors (Lipinski definition) is 7. The van der Waals surface area contributed by atoms with Gasteiger partial charge < -0.3 is 10.7 Å². The summed E-state index contributed by atoms with van der Waals surface area (Å²) in [7, 11) is -3.62. The van der Waals surface area contributed by atoms with Crippen LogP contribution in [0, 0.1) is 5.41 Å². The highest BCUT2D eigenvalue weighted by Crippen LogP contribution is 2.39. The number of aliphatic imine (C=N–C) groups is 1. The first-order chi connectivity index (χ1) is 14.0. The van der Waals surface area contributed by atoms with Crippen LogP contribution in [0.25, 0.3) is 0 Å². The molecule has 0 aromatic heterocycles. The fourth-order valence-electron chi connectivity index (χ4n) is 3.98. The average Bonchev–Trinajstić information content (AvgIpc) is 2.75. The molecule has 2 aromatic carbocycles. The van der Waals surface area contributed by atoms with Gasteiger partial charge >= 0.3 is 0 Å². The molecule has 0 radical (unpaired) electrons. The molecule has 0 saturated heterocycles. The molecule has 4 N–H and O–H groups in total. The van der Waals surface area contributed by atoms with Gasteiger partial charge in [-0.2, -0.15) is 0 Å². The van der Waals surface area contributed by atoms with E-state index in [1.807, 2.05) is 18.2 Å². The smallest absolute Gasteiger partial charge is 0.216 e. The third-order valence-corrected chi connectivity index (χ3v) is 6.82. The highest BCUT2D eigenvalue weighted by atomic mass is 32.2. The monoisotopic (exact) mass is 411 g/mol. The van der Waals surface area contributed by atoms with Gasteiger partial charge in [0, 0.05) is 6.54 Å². The van der Waals surface area contributed by atoms with Crippen LogP contribution in [0.5, 0.6) is 0 Å². The van der Waals surface area contributed by atoms with E-state index in [1.54, 1.807) is 12.1 Å². The van der Waals surface area contributed by atoms with E-state index in [9.17, 15) is 8.42 Å². The van der Waals surface area contributed by atoms with Gasteiger partial charge in [-0.1, -0.05) is 43.5 Å². The first kappa shape index (κ1) is 19.6. The Kier molecular flexibility index (Phi) is 5.38. The van der Waals surface area contributed by atoms with E-state index >= 15 is 0 Å². The zero-order valence-electron chi connectivity index (χ0n) is 16.1. The van der Waals surface area contributed by atoms with Gasteiger partial charge in [-0.3, -0.25) is 5.41 Å². The first-order valence-electron chi connectivity index (χ1n) is 9.82. The van der Waals surface area contributed by atoms with Crippen LogP contribution in [0.3, 0.4) is 0 Å². The summed E-state index contributed by atoms with van der Waals surface area (Å²) in [5, 5.41) is 10.7. The number of nitrogens with zero attached hydrogens (tertiary/aromatic N) is 1. The lowest BCUT2D eigenvalue weighted by Gasteiger charge is -2.42. The zero-order valence-corrected chi connectivity index (χ0v) is 16.9. The molecule has 2 aromatic rings. The van der Waals surface area contributed by atoms with E-state index in [-0.39, 0.29) is 10.4 Å². The van der Waals surface area contributed by atoms with Crippen molar-refractivity contribution in [2.75, 3.05) is 5.32 Å². The molecule has 29 heavy (non-hydrogen) atoms. The molecule has 2 aliphatic rings. The average molecular weight is 412 g/mol. The minimum Gasteiger partial charge on any atom is -0.371 e. The van der Waals surface area contributed by atoms with Crippen LogP contribution < -0.4 is 16.2 Å². The Morgan fingerprint density at radius 1 is 1.07 bits per heavy atom. The van der Waals surface area contributed by atoms with Gasteiger partial charge in [-0.25, -0.2) is 18.8 Å². The van der Waals surface area contributed by atoms with Crippen molar-refractivity contribution in [3.05, 3.63) is 54.1 Å². The van der Waals surface area contributed by atoms with Gasteiger partial charge in [-0.05, 0) is 42.7 Å². The van der Waals surface area contributed by atoms with E-state index < -0.39 is 9.84 Å². The topological polar surface area (TPSA) is 106 Å². The van der Waals surface area contributed by atoms with Crippen molar-refractivity contribution in [3.8, 4) is 0 Å². The highest BCUT2D eigenvalue weighted by Gasteiger charge is 2.40. The maximum atomic E-state index is 11.7. The largest absolute Gasteiger partial charge is 0.371 e. The number of fused-ring (bicyclic) bond motifs is 1. The van der Waals surface area contributed by atoms with Crippen LogP contribution in [0.2, 0.25) is 0 Å². The summed E-state index contributed by atoms with van der Waals surface area (Å²) < 4.78 is 23.4. The lowest BCUT2D eigenvalue weighted by atomic mass is 9.79. The third-order valence-electron chi connectivity index (χ3n) is 5.58. The van der Waals surface area contributed by atoms with Crippen LogP contribution in [-0.4, -0.2) is 25.3 Å². The molecule has 1 fully saturated rings. The Morgan fingerprint density at radius 3 is 2.52 bits per heavy atom. The molecule has 152 valence electrons. The first-order valence-corrected chi connectivity index (χ1v) is 11.4. The molecule has 7 nitrogen and oxygen atoms in total. The maximum Gasteiger partial charge on any atom is 0.216 e. The van der Waals surface area contributed by atoms with E-state index in [1.165, 1.54) is 31.4 Å². The minimum atomic E-state index is -3.62. The highest BCUT2D eigenvalue weighted by molar-refractivity contribution is 8.04. The lowest BCUT2D eigenvalue weighted by Crippen LogP contribution is -2.57. The second kappa shape index (κ2) is 7.96. The minimum absolute atomic E-state index is 0.128. The molecule has 1 heterocycles. The summed E-state index contributed by atoms with van der Waals surface area (Å²) in [5.74, 6) is 0.902. The predicted octanol–water partition coefficient (Wildman–Crippen LogP) is 3.52. The fraction of sp³-hybridized carbons (Fsp3) is 0.333. The Bertz CT molecular complexity index is 1030. The molecule has 1 spiro atoms. The van der Waals surface area contributed by atoms with Gasteiger partial charge in [0.2, 0.25) is 9.84 Å². The van der Waals surface area contributed by atoms with Crippen molar-refractivity contribution in [1.82, 2.24) is 10.9 Å². The number of sulfone groups is 1. The van der Waals surface area contributed by atoms with Gasteiger partial charge in [-0.15, -0.1) is 0 Å². The molecule has 1 aliphatic heterocycles. The Labute approximate surface area is 171 Å². The molecule has 8 heteroatoms. The number of benzene rings is 2. The van der Waals surface area contributed by atoms with Crippen LogP contribution in [0.4, 0.5) is 11.4 Å². The zero-order chi connectivity index (χ0) is 20.3. The van der Waals surface area contributed by atoms with Gasteiger partial charge in [0.1, 0.15) is 11.4 Å². The lowest BCUT2D eigenvalue weighted by molar-refractivity contribution is 0.391. The fourth-order valence-corrected chi connectivity index (χ4v) is 4.63. The van der Waals surface area contributed by atoms with E-state index in [4.69, 9.17) is 10.4 Å². The summed E-state index contributed by atoms with van der Waals surface area (Å²) in [5.41, 5.74) is 9.76. The summed E-state index contributed by atoms with van der Waals surface area (Å²) in [6.07, 6.45) is 5.64. The third kappa shape index (κ3) is 4.04. The number of anilines is 1. The molecule has 0 amide bonds. The number of amidine groups is 1. The standard InChI is InChI=1S/C21H25N5O2S/c22-15-29(27,28)17-10-8-16(9-11-17)14-23-26-20-21(12-4-1-5-13-21)25-19-7-3-2-6-18(19)24-20/h2-3,6-11,15,22-23,25H,1,4-5,12-14H2,(H,24,26). The predicted molar refractivity (Wildman–Crippen MR) is 115 cm³/mol. The molecule has 1 saturated carbocycles. The second-order valence-electron chi connectivity index (χ2n) is 7.53. The van der Waals surface area contributed by atoms with Gasteiger partial charge in [0.05, 0.1) is 21.8 Å². The number of hydrogen-bond donors (Lipinski definition) is 4. The van der Waals surface area contributed by atoms with Crippen LogP contribution in [0.15, 0.2) is 58.4 Å². The van der Waals surface area contributed by atoms with Crippen molar-refractivity contribution in [3.63, 3.8) is 0 Å². The summed E-state index contributed by atoms with van der Waals surface area (Å²) in [4.78, 5) is 5.01.